The van der Waals surface area contributed by atoms with Crippen LogP contribution < -0.4 is 10.1 Å². The predicted octanol–water partition coefficient (Wildman–Crippen LogP) is 4.49. The van der Waals surface area contributed by atoms with Crippen LogP contribution in [-0.4, -0.2) is 17.5 Å². The molecule has 1 heterocycles. The number of thiazole rings is 1. The molecule has 0 radical (unpaired) electrons. The van der Waals surface area contributed by atoms with Gasteiger partial charge in [0.05, 0.1) is 23.2 Å². The maximum absolute atomic E-state index is 12.3. The van der Waals surface area contributed by atoms with Gasteiger partial charge in [-0.1, -0.05) is 35.1 Å². The van der Waals surface area contributed by atoms with Crippen molar-refractivity contribution in [1.82, 2.24) is 4.98 Å². The molecule has 1 amide bonds. The maximum atomic E-state index is 12.3. The molecule has 124 valence electrons. The van der Waals surface area contributed by atoms with Crippen LogP contribution in [0, 0.1) is 13.8 Å². The number of aromatic nitrogens is 1. The number of amides is 1. The smallest absolute Gasteiger partial charge is 0.230 e. The van der Waals surface area contributed by atoms with Crippen molar-refractivity contribution in [2.24, 2.45) is 0 Å². The Balaban J connectivity index is 1.73. The average molecular weight is 340 g/mol. The Morgan fingerprint density at radius 2 is 2.04 bits per heavy atom. The van der Waals surface area contributed by atoms with Gasteiger partial charge in [-0.2, -0.15) is 0 Å². The highest BCUT2D eigenvalue weighted by Gasteiger charge is 2.10. The minimum atomic E-state index is -0.0500. The number of fused-ring (bicyclic) bond motifs is 1. The first-order chi connectivity index (χ1) is 11.5. The van der Waals surface area contributed by atoms with Crippen LogP contribution in [0.5, 0.6) is 5.75 Å². The van der Waals surface area contributed by atoms with E-state index in [0.717, 1.165) is 27.1 Å². The van der Waals surface area contributed by atoms with Crippen LogP contribution in [0.4, 0.5) is 5.13 Å². The SMILES string of the molecule is CCOc1ccc2nc(NC(=O)Cc3ccc(C)cc3C)sc2c1. The number of nitrogens with one attached hydrogen (secondary N) is 1. The molecule has 0 saturated carbocycles. The van der Waals surface area contributed by atoms with Crippen LogP contribution in [-0.2, 0) is 11.2 Å². The molecule has 0 spiro atoms. The van der Waals surface area contributed by atoms with Gasteiger partial charge < -0.3 is 10.1 Å². The Morgan fingerprint density at radius 3 is 2.79 bits per heavy atom. The van der Waals surface area contributed by atoms with Gasteiger partial charge in [-0.3, -0.25) is 4.79 Å². The molecule has 4 nitrogen and oxygen atoms in total. The fourth-order valence-electron chi connectivity index (χ4n) is 2.60. The minimum Gasteiger partial charge on any atom is -0.494 e. The molecule has 0 unspecified atom stereocenters. The van der Waals surface area contributed by atoms with E-state index >= 15 is 0 Å². The molecule has 5 heteroatoms. The molecule has 0 saturated heterocycles. The summed E-state index contributed by atoms with van der Waals surface area (Å²) in [5.74, 6) is 0.771. The molecule has 3 aromatic rings. The fraction of sp³-hybridized carbons (Fsp3) is 0.263. The third-order valence-electron chi connectivity index (χ3n) is 3.77. The fourth-order valence-corrected chi connectivity index (χ4v) is 3.51. The van der Waals surface area contributed by atoms with Crippen LogP contribution in [0.1, 0.15) is 23.6 Å². The van der Waals surface area contributed by atoms with E-state index in [1.165, 1.54) is 16.9 Å². The molecule has 2 aromatic carbocycles. The van der Waals surface area contributed by atoms with Crippen LogP contribution in [0.2, 0.25) is 0 Å². The molecule has 0 atom stereocenters. The molecular weight excluding hydrogens is 320 g/mol. The van der Waals surface area contributed by atoms with E-state index in [-0.39, 0.29) is 5.91 Å². The molecule has 24 heavy (non-hydrogen) atoms. The number of hydrogen-bond acceptors (Lipinski definition) is 4. The molecule has 1 aromatic heterocycles. The third-order valence-corrected chi connectivity index (χ3v) is 4.70. The zero-order valence-electron chi connectivity index (χ0n) is 14.1. The average Bonchev–Trinajstić information content (AvgIpc) is 2.92. The zero-order chi connectivity index (χ0) is 17.1. The van der Waals surface area contributed by atoms with Crippen LogP contribution in [0.25, 0.3) is 10.2 Å². The maximum Gasteiger partial charge on any atom is 0.230 e. The van der Waals surface area contributed by atoms with Crippen molar-refractivity contribution < 1.29 is 9.53 Å². The number of hydrogen-bond donors (Lipinski definition) is 1. The number of benzene rings is 2. The Hall–Kier alpha value is -2.40. The minimum absolute atomic E-state index is 0.0500. The number of aryl methyl sites for hydroxylation is 2. The van der Waals surface area contributed by atoms with Gasteiger partial charge in [0.15, 0.2) is 5.13 Å². The molecule has 0 fully saturated rings. The molecule has 0 bridgehead atoms. The normalized spacial score (nSPS) is 10.8. The summed E-state index contributed by atoms with van der Waals surface area (Å²) < 4.78 is 6.50. The summed E-state index contributed by atoms with van der Waals surface area (Å²) in [5.41, 5.74) is 4.24. The van der Waals surface area contributed by atoms with Crippen LogP contribution in [0.15, 0.2) is 36.4 Å². The first-order valence-corrected chi connectivity index (χ1v) is 8.76. The number of ether oxygens (including phenoxy) is 1. The summed E-state index contributed by atoms with van der Waals surface area (Å²) in [6, 6.07) is 11.9. The van der Waals surface area contributed by atoms with Crippen molar-refractivity contribution in [1.29, 1.82) is 0 Å². The molecule has 0 aliphatic heterocycles. The molecular formula is C19H20N2O2S. The predicted molar refractivity (Wildman–Crippen MR) is 99.0 cm³/mol. The van der Waals surface area contributed by atoms with Gasteiger partial charge in [0.2, 0.25) is 5.91 Å². The van der Waals surface area contributed by atoms with Crippen molar-refractivity contribution in [2.75, 3.05) is 11.9 Å². The Kier molecular flexibility index (Phi) is 4.81. The lowest BCUT2D eigenvalue weighted by Gasteiger charge is -2.06. The van der Waals surface area contributed by atoms with Crippen molar-refractivity contribution in [3.63, 3.8) is 0 Å². The highest BCUT2D eigenvalue weighted by molar-refractivity contribution is 7.22. The monoisotopic (exact) mass is 340 g/mol. The van der Waals surface area contributed by atoms with E-state index in [0.29, 0.717) is 18.2 Å². The Labute approximate surface area is 145 Å². The summed E-state index contributed by atoms with van der Waals surface area (Å²) in [5, 5.41) is 3.52. The van der Waals surface area contributed by atoms with Gasteiger partial charge in [0.25, 0.3) is 0 Å². The lowest BCUT2D eigenvalue weighted by atomic mass is 10.0. The summed E-state index contributed by atoms with van der Waals surface area (Å²) in [7, 11) is 0. The molecule has 3 rings (SSSR count). The van der Waals surface area contributed by atoms with Gasteiger partial charge in [-0.15, -0.1) is 0 Å². The van der Waals surface area contributed by atoms with E-state index in [1.54, 1.807) is 0 Å². The Bertz CT molecular complexity index is 886. The van der Waals surface area contributed by atoms with Crippen LogP contribution in [0.3, 0.4) is 0 Å². The highest BCUT2D eigenvalue weighted by Crippen LogP contribution is 2.29. The second kappa shape index (κ2) is 7.01. The quantitative estimate of drug-likeness (QED) is 0.744. The van der Waals surface area contributed by atoms with Crippen molar-refractivity contribution in [3.05, 3.63) is 53.1 Å². The number of nitrogens with zero attached hydrogens (tertiary/aromatic N) is 1. The number of carbonyl (C=O) groups is 1. The highest BCUT2D eigenvalue weighted by atomic mass is 32.1. The molecule has 0 aliphatic rings. The number of anilines is 1. The van der Waals surface area contributed by atoms with E-state index in [2.05, 4.69) is 23.3 Å². The van der Waals surface area contributed by atoms with Crippen molar-refractivity contribution >= 4 is 32.6 Å². The lowest BCUT2D eigenvalue weighted by molar-refractivity contribution is -0.115. The van der Waals surface area contributed by atoms with Gasteiger partial charge in [0, 0.05) is 0 Å². The first-order valence-electron chi connectivity index (χ1n) is 7.94. The van der Waals surface area contributed by atoms with E-state index in [9.17, 15) is 4.79 Å². The summed E-state index contributed by atoms with van der Waals surface area (Å²) >= 11 is 1.46. The zero-order valence-corrected chi connectivity index (χ0v) is 14.9. The second-order valence-electron chi connectivity index (χ2n) is 5.74. The van der Waals surface area contributed by atoms with Crippen LogP contribution >= 0.6 is 11.3 Å². The topological polar surface area (TPSA) is 51.2 Å². The molecule has 0 aliphatic carbocycles. The first kappa shape index (κ1) is 16.5. The van der Waals surface area contributed by atoms with Crippen molar-refractivity contribution in [2.45, 2.75) is 27.2 Å². The lowest BCUT2D eigenvalue weighted by Crippen LogP contribution is -2.14. The van der Waals surface area contributed by atoms with Gasteiger partial charge in [0.1, 0.15) is 5.75 Å². The summed E-state index contributed by atoms with van der Waals surface area (Å²) in [6.45, 7) is 6.66. The van der Waals surface area contributed by atoms with Gasteiger partial charge in [-0.25, -0.2) is 4.98 Å². The second-order valence-corrected chi connectivity index (χ2v) is 6.77. The number of rotatable bonds is 5. The van der Waals surface area contributed by atoms with Gasteiger partial charge >= 0.3 is 0 Å². The standard InChI is InChI=1S/C19H20N2O2S/c1-4-23-15-7-8-16-17(11-15)24-19(20-16)21-18(22)10-14-6-5-12(2)9-13(14)3/h5-9,11H,4,10H2,1-3H3,(H,20,21,22). The third kappa shape index (κ3) is 3.74. The molecule has 1 N–H and O–H groups in total. The summed E-state index contributed by atoms with van der Waals surface area (Å²) in [4.78, 5) is 16.8. The number of carbonyl (C=O) groups excluding carboxylic acids is 1. The van der Waals surface area contributed by atoms with E-state index in [4.69, 9.17) is 4.74 Å². The van der Waals surface area contributed by atoms with Crippen molar-refractivity contribution in [3.8, 4) is 5.75 Å². The van der Waals surface area contributed by atoms with Gasteiger partial charge in [-0.05, 0) is 50.1 Å². The largest absolute Gasteiger partial charge is 0.494 e. The summed E-state index contributed by atoms with van der Waals surface area (Å²) in [6.07, 6.45) is 0.353. The van der Waals surface area contributed by atoms with E-state index < -0.39 is 0 Å². The van der Waals surface area contributed by atoms with E-state index in [1.807, 2.05) is 44.2 Å². The Morgan fingerprint density at radius 1 is 1.21 bits per heavy atom.